The van der Waals surface area contributed by atoms with Gasteiger partial charge in [0.05, 0.1) is 19.9 Å². The smallest absolute Gasteiger partial charge is 0.137 e. The van der Waals surface area contributed by atoms with Crippen molar-refractivity contribution < 1.29 is 9.47 Å². The second-order valence-corrected chi connectivity index (χ2v) is 4.93. The van der Waals surface area contributed by atoms with Gasteiger partial charge in [0.25, 0.3) is 0 Å². The molecule has 2 heterocycles. The molecule has 0 N–H and O–H groups in total. The van der Waals surface area contributed by atoms with E-state index in [4.69, 9.17) is 9.47 Å². The van der Waals surface area contributed by atoms with Gasteiger partial charge < -0.3 is 9.47 Å². The number of methoxy groups -OCH3 is 1. The van der Waals surface area contributed by atoms with Crippen LogP contribution in [0.5, 0.6) is 11.5 Å². The molecular formula is C16H17NO2. The lowest BCUT2D eigenvalue weighted by atomic mass is 9.91. The molecule has 1 aromatic carbocycles. The molecule has 0 saturated heterocycles. The van der Waals surface area contributed by atoms with Gasteiger partial charge in [0, 0.05) is 12.1 Å². The molecule has 0 fully saturated rings. The van der Waals surface area contributed by atoms with Crippen LogP contribution in [0.15, 0.2) is 42.7 Å². The van der Waals surface area contributed by atoms with Crippen molar-refractivity contribution in [1.29, 1.82) is 0 Å². The van der Waals surface area contributed by atoms with E-state index in [1.807, 2.05) is 24.4 Å². The van der Waals surface area contributed by atoms with E-state index in [0.717, 1.165) is 30.9 Å². The van der Waals surface area contributed by atoms with Crippen LogP contribution in [-0.2, 0) is 12.8 Å². The summed E-state index contributed by atoms with van der Waals surface area (Å²) in [6, 6.07) is 10.3. The van der Waals surface area contributed by atoms with E-state index in [2.05, 4.69) is 17.1 Å². The fourth-order valence-electron chi connectivity index (χ4n) is 2.54. The highest BCUT2D eigenvalue weighted by Gasteiger charge is 2.19. The number of hydrogen-bond acceptors (Lipinski definition) is 3. The number of benzene rings is 1. The van der Waals surface area contributed by atoms with Crippen LogP contribution < -0.4 is 9.47 Å². The van der Waals surface area contributed by atoms with Crippen LogP contribution in [-0.4, -0.2) is 18.7 Å². The van der Waals surface area contributed by atoms with Gasteiger partial charge in [0.2, 0.25) is 0 Å². The van der Waals surface area contributed by atoms with E-state index in [9.17, 15) is 0 Å². The third-order valence-corrected chi connectivity index (χ3v) is 3.49. The van der Waals surface area contributed by atoms with Crippen molar-refractivity contribution in [2.75, 3.05) is 13.7 Å². The third-order valence-electron chi connectivity index (χ3n) is 3.49. The molecule has 0 saturated carbocycles. The molecule has 1 aliphatic rings. The predicted molar refractivity (Wildman–Crippen MR) is 73.6 cm³/mol. The molecule has 19 heavy (non-hydrogen) atoms. The van der Waals surface area contributed by atoms with Crippen LogP contribution in [0.25, 0.3) is 0 Å². The number of nitrogens with zero attached hydrogens (tertiary/aromatic N) is 1. The first-order valence-electron chi connectivity index (χ1n) is 6.54. The number of hydrogen-bond donors (Lipinski definition) is 0. The highest BCUT2D eigenvalue weighted by atomic mass is 16.5. The molecule has 0 amide bonds. The van der Waals surface area contributed by atoms with Crippen LogP contribution >= 0.6 is 0 Å². The highest BCUT2D eigenvalue weighted by molar-refractivity contribution is 5.35. The lowest BCUT2D eigenvalue weighted by Gasteiger charge is -2.25. The van der Waals surface area contributed by atoms with E-state index in [-0.39, 0.29) is 0 Å². The number of ether oxygens (including phenoxy) is 2. The molecule has 0 bridgehead atoms. The highest BCUT2D eigenvalue weighted by Crippen LogP contribution is 2.28. The van der Waals surface area contributed by atoms with Gasteiger partial charge in [-0.3, -0.25) is 4.98 Å². The summed E-state index contributed by atoms with van der Waals surface area (Å²) in [6.07, 6.45) is 5.67. The summed E-state index contributed by atoms with van der Waals surface area (Å²) >= 11 is 0. The van der Waals surface area contributed by atoms with Gasteiger partial charge in [-0.25, -0.2) is 0 Å². The van der Waals surface area contributed by atoms with Crippen molar-refractivity contribution in [1.82, 2.24) is 4.98 Å². The molecule has 3 nitrogen and oxygen atoms in total. The second kappa shape index (κ2) is 5.31. The Hall–Kier alpha value is -2.03. The molecule has 0 radical (unpaired) electrons. The van der Waals surface area contributed by atoms with Gasteiger partial charge in [-0.15, -0.1) is 0 Å². The maximum absolute atomic E-state index is 5.81. The molecule has 2 aromatic rings. The van der Waals surface area contributed by atoms with E-state index in [0.29, 0.717) is 5.92 Å². The van der Waals surface area contributed by atoms with Gasteiger partial charge in [-0.2, -0.15) is 0 Å². The molecule has 1 aliphatic heterocycles. The molecule has 0 unspecified atom stereocenters. The normalized spacial score (nSPS) is 17.4. The first-order valence-corrected chi connectivity index (χ1v) is 6.54. The topological polar surface area (TPSA) is 31.4 Å². The number of fused-ring (bicyclic) bond motifs is 1. The fourth-order valence-corrected chi connectivity index (χ4v) is 2.54. The third kappa shape index (κ3) is 2.70. The quantitative estimate of drug-likeness (QED) is 0.845. The summed E-state index contributed by atoms with van der Waals surface area (Å²) in [7, 11) is 1.67. The Morgan fingerprint density at radius 2 is 2.21 bits per heavy atom. The minimum absolute atomic E-state index is 0.504. The minimum Gasteiger partial charge on any atom is -0.495 e. The van der Waals surface area contributed by atoms with Gasteiger partial charge in [0.1, 0.15) is 11.5 Å². The zero-order valence-electron chi connectivity index (χ0n) is 11.0. The van der Waals surface area contributed by atoms with E-state index in [1.165, 1.54) is 11.1 Å². The summed E-state index contributed by atoms with van der Waals surface area (Å²) in [5.41, 5.74) is 2.50. The van der Waals surface area contributed by atoms with Crippen LogP contribution in [0.4, 0.5) is 0 Å². The number of aromatic nitrogens is 1. The summed E-state index contributed by atoms with van der Waals surface area (Å²) in [4.78, 5) is 4.20. The molecule has 0 aliphatic carbocycles. The lowest BCUT2D eigenvalue weighted by molar-refractivity contribution is 0.221. The molecule has 0 spiro atoms. The monoisotopic (exact) mass is 255 g/mol. The minimum atomic E-state index is 0.504. The van der Waals surface area contributed by atoms with Gasteiger partial charge in [-0.1, -0.05) is 18.2 Å². The molecule has 98 valence electrons. The van der Waals surface area contributed by atoms with E-state index in [1.54, 1.807) is 13.3 Å². The Kier molecular flexibility index (Phi) is 3.36. The zero-order chi connectivity index (χ0) is 13.1. The number of pyridine rings is 1. The number of rotatable bonds is 3. The van der Waals surface area contributed by atoms with E-state index >= 15 is 0 Å². The Labute approximate surface area is 113 Å². The van der Waals surface area contributed by atoms with Gasteiger partial charge >= 0.3 is 0 Å². The van der Waals surface area contributed by atoms with Crippen LogP contribution in [0, 0.1) is 5.92 Å². The van der Waals surface area contributed by atoms with Crippen molar-refractivity contribution in [3.63, 3.8) is 0 Å². The Morgan fingerprint density at radius 1 is 1.32 bits per heavy atom. The Balaban J connectivity index is 1.71. The first-order chi connectivity index (χ1) is 9.35. The van der Waals surface area contributed by atoms with Crippen LogP contribution in [0.1, 0.15) is 11.1 Å². The van der Waals surface area contributed by atoms with Crippen molar-refractivity contribution >= 4 is 0 Å². The lowest BCUT2D eigenvalue weighted by Crippen LogP contribution is -2.22. The van der Waals surface area contributed by atoms with Crippen molar-refractivity contribution in [3.05, 3.63) is 53.9 Å². The van der Waals surface area contributed by atoms with Gasteiger partial charge in [-0.05, 0) is 36.1 Å². The SMILES string of the molecule is COc1cncc(C[C@@H]2COc3ccccc3C2)c1. The maximum Gasteiger partial charge on any atom is 0.137 e. The largest absolute Gasteiger partial charge is 0.495 e. The summed E-state index contributed by atoms with van der Waals surface area (Å²) in [5.74, 6) is 2.35. The molecule has 1 atom stereocenters. The summed E-state index contributed by atoms with van der Waals surface area (Å²) < 4.78 is 11.0. The zero-order valence-corrected chi connectivity index (χ0v) is 11.0. The van der Waals surface area contributed by atoms with Crippen molar-refractivity contribution in [3.8, 4) is 11.5 Å². The summed E-state index contributed by atoms with van der Waals surface area (Å²) in [5, 5.41) is 0. The van der Waals surface area contributed by atoms with Gasteiger partial charge in [0.15, 0.2) is 0 Å². The first kappa shape index (κ1) is 12.0. The predicted octanol–water partition coefficient (Wildman–Crippen LogP) is 2.88. The maximum atomic E-state index is 5.81. The average molecular weight is 255 g/mol. The average Bonchev–Trinajstić information content (AvgIpc) is 2.47. The number of para-hydroxylation sites is 1. The second-order valence-electron chi connectivity index (χ2n) is 4.93. The Bertz CT molecular complexity index is 568. The molecule has 1 aromatic heterocycles. The molecule has 3 heteroatoms. The summed E-state index contributed by atoms with van der Waals surface area (Å²) in [6.45, 7) is 0.772. The van der Waals surface area contributed by atoms with E-state index < -0.39 is 0 Å². The fraction of sp³-hybridized carbons (Fsp3) is 0.312. The van der Waals surface area contributed by atoms with Crippen molar-refractivity contribution in [2.24, 2.45) is 5.92 Å². The molecular weight excluding hydrogens is 238 g/mol. The Morgan fingerprint density at radius 3 is 3.11 bits per heavy atom. The standard InChI is InChI=1S/C16H17NO2/c1-18-15-8-12(9-17-10-15)6-13-7-14-4-2-3-5-16(14)19-11-13/h2-5,8-10,13H,6-7,11H2,1H3/t13-/m0/s1. The van der Waals surface area contributed by atoms with Crippen LogP contribution in [0.2, 0.25) is 0 Å². The van der Waals surface area contributed by atoms with Crippen molar-refractivity contribution in [2.45, 2.75) is 12.8 Å². The van der Waals surface area contributed by atoms with Crippen LogP contribution in [0.3, 0.4) is 0 Å². The molecule has 3 rings (SSSR count).